The van der Waals surface area contributed by atoms with Crippen molar-refractivity contribution in [3.63, 3.8) is 0 Å². The second-order valence-corrected chi connectivity index (χ2v) is 8.62. The van der Waals surface area contributed by atoms with Crippen LogP contribution in [-0.4, -0.2) is 42.7 Å². The van der Waals surface area contributed by atoms with Gasteiger partial charge in [0, 0.05) is 37.6 Å². The quantitative estimate of drug-likeness (QED) is 0.531. The Hall–Kier alpha value is -3.32. The molecule has 0 fully saturated rings. The van der Waals surface area contributed by atoms with Crippen LogP contribution in [0.4, 0.5) is 11.4 Å². The topological polar surface area (TPSA) is 65.5 Å². The van der Waals surface area contributed by atoms with E-state index in [0.29, 0.717) is 24.4 Å². The third-order valence-electron chi connectivity index (χ3n) is 5.38. The van der Waals surface area contributed by atoms with Gasteiger partial charge in [0.2, 0.25) is 5.91 Å². The fourth-order valence-corrected chi connectivity index (χ4v) is 4.47. The number of hydrogen-bond acceptors (Lipinski definition) is 5. The molecule has 1 aliphatic heterocycles. The molecule has 1 aliphatic rings. The number of amides is 2. The standard InChI is InChI=1S/C25H26N4O2S/c1-28(21-7-3-2-4-8-21)16-6-15-26-24(31)20-12-10-19(11-13-20)17-29-22-9-5-14-27-25(22)32-18-23(29)30/h2-5,7-14H,6,15-18H2,1H3,(H,26,31). The smallest absolute Gasteiger partial charge is 0.251 e. The van der Waals surface area contributed by atoms with Crippen LogP contribution in [0.5, 0.6) is 0 Å². The van der Waals surface area contributed by atoms with Crippen LogP contribution in [0.1, 0.15) is 22.3 Å². The monoisotopic (exact) mass is 446 g/mol. The number of thioether (sulfide) groups is 1. The Morgan fingerprint density at radius 2 is 1.88 bits per heavy atom. The number of benzene rings is 2. The molecule has 1 N–H and O–H groups in total. The predicted octanol–water partition coefficient (Wildman–Crippen LogP) is 3.98. The van der Waals surface area contributed by atoms with Crippen molar-refractivity contribution in [3.05, 3.63) is 84.1 Å². The number of carbonyl (C=O) groups is 2. The fraction of sp³-hybridized carbons (Fsp3) is 0.240. The SMILES string of the molecule is CN(CCCNC(=O)c1ccc(CN2C(=O)CSc3ncccc32)cc1)c1ccccc1. The van der Waals surface area contributed by atoms with E-state index in [0.717, 1.165) is 29.2 Å². The Balaban J connectivity index is 1.28. The van der Waals surface area contributed by atoms with Crippen molar-refractivity contribution < 1.29 is 9.59 Å². The van der Waals surface area contributed by atoms with E-state index >= 15 is 0 Å². The van der Waals surface area contributed by atoms with Crippen LogP contribution in [0.2, 0.25) is 0 Å². The van der Waals surface area contributed by atoms with Crippen molar-refractivity contribution in [1.29, 1.82) is 0 Å². The van der Waals surface area contributed by atoms with Crippen molar-refractivity contribution in [1.82, 2.24) is 10.3 Å². The van der Waals surface area contributed by atoms with Gasteiger partial charge in [0.1, 0.15) is 5.03 Å². The molecular weight excluding hydrogens is 420 g/mol. The first kappa shape index (κ1) is 21.9. The molecule has 0 atom stereocenters. The zero-order valence-electron chi connectivity index (χ0n) is 18.0. The Bertz CT molecular complexity index is 1070. The van der Waals surface area contributed by atoms with E-state index < -0.39 is 0 Å². The van der Waals surface area contributed by atoms with Gasteiger partial charge in [0.05, 0.1) is 18.0 Å². The summed E-state index contributed by atoms with van der Waals surface area (Å²) in [5.41, 5.74) is 3.60. The molecule has 1 aromatic heterocycles. The Morgan fingerprint density at radius 1 is 1.09 bits per heavy atom. The van der Waals surface area contributed by atoms with Crippen molar-refractivity contribution in [3.8, 4) is 0 Å². The van der Waals surface area contributed by atoms with E-state index in [4.69, 9.17) is 0 Å². The zero-order chi connectivity index (χ0) is 22.3. The number of fused-ring (bicyclic) bond motifs is 1. The van der Waals surface area contributed by atoms with Gasteiger partial charge >= 0.3 is 0 Å². The number of pyridine rings is 1. The van der Waals surface area contributed by atoms with E-state index in [1.165, 1.54) is 17.4 Å². The van der Waals surface area contributed by atoms with Crippen LogP contribution in [0, 0.1) is 0 Å². The summed E-state index contributed by atoms with van der Waals surface area (Å²) >= 11 is 1.47. The van der Waals surface area contributed by atoms with Crippen molar-refractivity contribution in [2.24, 2.45) is 0 Å². The lowest BCUT2D eigenvalue weighted by Crippen LogP contribution is -2.35. The van der Waals surface area contributed by atoms with Gasteiger partial charge in [-0.2, -0.15) is 0 Å². The summed E-state index contributed by atoms with van der Waals surface area (Å²) in [4.78, 5) is 33.2. The Labute approximate surface area is 192 Å². The molecule has 0 bridgehead atoms. The summed E-state index contributed by atoms with van der Waals surface area (Å²) in [6.07, 6.45) is 2.60. The van der Waals surface area contributed by atoms with E-state index in [1.807, 2.05) is 54.6 Å². The molecule has 32 heavy (non-hydrogen) atoms. The Kier molecular flexibility index (Phi) is 7.07. The third-order valence-corrected chi connectivity index (χ3v) is 6.36. The summed E-state index contributed by atoms with van der Waals surface area (Å²) in [7, 11) is 2.05. The molecule has 3 aromatic rings. The van der Waals surface area contributed by atoms with Gasteiger partial charge in [0.25, 0.3) is 5.91 Å². The largest absolute Gasteiger partial charge is 0.375 e. The highest BCUT2D eigenvalue weighted by Gasteiger charge is 2.25. The van der Waals surface area contributed by atoms with E-state index in [-0.39, 0.29) is 11.8 Å². The molecule has 4 rings (SSSR count). The van der Waals surface area contributed by atoms with E-state index in [9.17, 15) is 9.59 Å². The van der Waals surface area contributed by atoms with Crippen molar-refractivity contribution in [2.45, 2.75) is 18.0 Å². The first-order valence-electron chi connectivity index (χ1n) is 10.6. The average molecular weight is 447 g/mol. The first-order chi connectivity index (χ1) is 15.6. The number of carbonyl (C=O) groups excluding carboxylic acids is 2. The van der Waals surface area contributed by atoms with Crippen molar-refractivity contribution in [2.75, 3.05) is 35.7 Å². The second kappa shape index (κ2) is 10.3. The minimum absolute atomic E-state index is 0.0674. The van der Waals surface area contributed by atoms with Crippen LogP contribution >= 0.6 is 11.8 Å². The lowest BCUT2D eigenvalue weighted by molar-refractivity contribution is -0.116. The minimum Gasteiger partial charge on any atom is -0.375 e. The summed E-state index contributed by atoms with van der Waals surface area (Å²) in [6.45, 7) is 1.94. The summed E-state index contributed by atoms with van der Waals surface area (Å²) in [6, 6.07) is 21.4. The van der Waals surface area contributed by atoms with Gasteiger partial charge in [-0.05, 0) is 48.4 Å². The van der Waals surface area contributed by atoms with Crippen molar-refractivity contribution >= 4 is 35.0 Å². The van der Waals surface area contributed by atoms with Crippen LogP contribution in [0.15, 0.2) is 78.0 Å². The van der Waals surface area contributed by atoms with Gasteiger partial charge in [0.15, 0.2) is 0 Å². The highest BCUT2D eigenvalue weighted by Crippen LogP contribution is 2.34. The van der Waals surface area contributed by atoms with Gasteiger partial charge in [-0.25, -0.2) is 4.98 Å². The van der Waals surface area contributed by atoms with Gasteiger partial charge in [-0.15, -0.1) is 0 Å². The highest BCUT2D eigenvalue weighted by molar-refractivity contribution is 8.00. The molecular formula is C25H26N4O2S. The molecule has 2 heterocycles. The van der Waals surface area contributed by atoms with Gasteiger partial charge in [-0.1, -0.05) is 42.1 Å². The number of aromatic nitrogens is 1. The molecule has 0 aliphatic carbocycles. The normalized spacial score (nSPS) is 12.9. The zero-order valence-corrected chi connectivity index (χ0v) is 18.8. The maximum Gasteiger partial charge on any atom is 0.251 e. The number of nitrogens with zero attached hydrogens (tertiary/aromatic N) is 3. The molecule has 0 unspecified atom stereocenters. The molecule has 2 aromatic carbocycles. The van der Waals surface area contributed by atoms with E-state index in [1.54, 1.807) is 11.1 Å². The average Bonchev–Trinajstić information content (AvgIpc) is 2.84. The lowest BCUT2D eigenvalue weighted by atomic mass is 10.1. The molecule has 7 heteroatoms. The highest BCUT2D eigenvalue weighted by atomic mass is 32.2. The maximum absolute atomic E-state index is 12.5. The van der Waals surface area contributed by atoms with E-state index in [2.05, 4.69) is 34.4 Å². The molecule has 0 saturated heterocycles. The summed E-state index contributed by atoms with van der Waals surface area (Å²) in [5.74, 6) is 0.376. The third kappa shape index (κ3) is 5.29. The number of nitrogens with one attached hydrogen (secondary N) is 1. The predicted molar refractivity (Wildman–Crippen MR) is 129 cm³/mol. The van der Waals surface area contributed by atoms with Crippen LogP contribution < -0.4 is 15.1 Å². The molecule has 6 nitrogen and oxygen atoms in total. The number of para-hydroxylation sites is 1. The van der Waals surface area contributed by atoms with Crippen LogP contribution in [-0.2, 0) is 11.3 Å². The minimum atomic E-state index is -0.0843. The first-order valence-corrected chi connectivity index (χ1v) is 11.6. The summed E-state index contributed by atoms with van der Waals surface area (Å²) in [5, 5.41) is 3.86. The number of rotatable bonds is 8. The Morgan fingerprint density at radius 3 is 2.66 bits per heavy atom. The fourth-order valence-electron chi connectivity index (χ4n) is 3.59. The van der Waals surface area contributed by atoms with Gasteiger partial charge < -0.3 is 15.1 Å². The maximum atomic E-state index is 12.5. The second-order valence-electron chi connectivity index (χ2n) is 7.66. The molecule has 0 radical (unpaired) electrons. The van der Waals surface area contributed by atoms with Crippen LogP contribution in [0.3, 0.4) is 0 Å². The van der Waals surface area contributed by atoms with Crippen LogP contribution in [0.25, 0.3) is 0 Å². The number of anilines is 2. The number of hydrogen-bond donors (Lipinski definition) is 1. The molecule has 164 valence electrons. The lowest BCUT2D eigenvalue weighted by Gasteiger charge is -2.28. The van der Waals surface area contributed by atoms with Gasteiger partial charge in [-0.3, -0.25) is 9.59 Å². The molecule has 0 spiro atoms. The molecule has 2 amide bonds. The summed E-state index contributed by atoms with van der Waals surface area (Å²) < 4.78 is 0. The molecule has 0 saturated carbocycles.